The molecule has 30 heavy (non-hydrogen) atoms. The Morgan fingerprint density at radius 3 is 2.53 bits per heavy atom. The number of anilines is 1. The Balaban J connectivity index is 1.75. The van der Waals surface area contributed by atoms with Crippen molar-refractivity contribution in [2.24, 2.45) is 5.92 Å². The summed E-state index contributed by atoms with van der Waals surface area (Å²) in [5.74, 6) is -0.687. The molecular weight excluding hydrogens is 402 g/mol. The van der Waals surface area contributed by atoms with E-state index in [4.69, 9.17) is 0 Å². The first-order valence-electron chi connectivity index (χ1n) is 10.0. The molecule has 0 fully saturated rings. The lowest BCUT2D eigenvalue weighted by Crippen LogP contribution is -2.49. The third-order valence-electron chi connectivity index (χ3n) is 5.05. The second-order valence-electron chi connectivity index (χ2n) is 7.77. The van der Waals surface area contributed by atoms with Gasteiger partial charge in [-0.25, -0.2) is 8.42 Å². The van der Waals surface area contributed by atoms with E-state index in [-0.39, 0.29) is 22.6 Å². The molecule has 0 saturated carbocycles. The van der Waals surface area contributed by atoms with Gasteiger partial charge < -0.3 is 10.6 Å². The van der Waals surface area contributed by atoms with Gasteiger partial charge in [0.25, 0.3) is 0 Å². The Hall–Kier alpha value is -2.71. The van der Waals surface area contributed by atoms with Gasteiger partial charge in [0.05, 0.1) is 4.90 Å². The van der Waals surface area contributed by atoms with Crippen molar-refractivity contribution in [2.75, 3.05) is 5.32 Å². The van der Waals surface area contributed by atoms with E-state index in [1.54, 1.807) is 26.0 Å². The van der Waals surface area contributed by atoms with Gasteiger partial charge in [0, 0.05) is 18.7 Å². The Morgan fingerprint density at radius 2 is 1.83 bits per heavy atom. The van der Waals surface area contributed by atoms with Gasteiger partial charge in [0.15, 0.2) is 0 Å². The maximum absolute atomic E-state index is 13.0. The van der Waals surface area contributed by atoms with E-state index in [2.05, 4.69) is 15.4 Å². The number of nitrogens with one attached hydrogen (secondary N) is 3. The average Bonchev–Trinajstić information content (AvgIpc) is 2.90. The second kappa shape index (κ2) is 9.40. The van der Waals surface area contributed by atoms with Crippen LogP contribution in [0.4, 0.5) is 5.69 Å². The topological polar surface area (TPSA) is 104 Å². The average molecular weight is 430 g/mol. The minimum Gasteiger partial charge on any atom is -0.351 e. The van der Waals surface area contributed by atoms with Crippen LogP contribution in [0.15, 0.2) is 53.4 Å². The van der Waals surface area contributed by atoms with E-state index in [9.17, 15) is 18.0 Å². The van der Waals surface area contributed by atoms with Crippen molar-refractivity contribution in [1.29, 1.82) is 0 Å². The molecule has 1 unspecified atom stereocenters. The molecule has 8 heteroatoms. The van der Waals surface area contributed by atoms with Gasteiger partial charge in [0.1, 0.15) is 6.04 Å². The van der Waals surface area contributed by atoms with Crippen LogP contribution in [0, 0.1) is 5.92 Å². The number of hydrogen-bond acceptors (Lipinski definition) is 4. The molecule has 3 N–H and O–H groups in total. The first-order valence-corrected chi connectivity index (χ1v) is 11.5. The number of hydrogen-bond donors (Lipinski definition) is 3. The third-order valence-corrected chi connectivity index (χ3v) is 6.49. The molecule has 0 radical (unpaired) electrons. The maximum atomic E-state index is 13.0. The predicted molar refractivity (Wildman–Crippen MR) is 115 cm³/mol. The first-order chi connectivity index (χ1) is 14.3. The molecule has 3 rings (SSSR count). The number of fused-ring (bicyclic) bond motifs is 1. The molecule has 1 heterocycles. The fourth-order valence-electron chi connectivity index (χ4n) is 3.34. The first kappa shape index (κ1) is 22.0. The highest BCUT2D eigenvalue weighted by Crippen LogP contribution is 2.25. The largest absolute Gasteiger partial charge is 0.351 e. The summed E-state index contributed by atoms with van der Waals surface area (Å²) in [6.45, 7) is 3.91. The molecule has 2 aromatic rings. The quantitative estimate of drug-likeness (QED) is 0.629. The molecule has 0 spiro atoms. The van der Waals surface area contributed by atoms with Crippen LogP contribution < -0.4 is 15.4 Å². The lowest BCUT2D eigenvalue weighted by Gasteiger charge is -2.22. The Bertz CT molecular complexity index is 1020. The van der Waals surface area contributed by atoms with E-state index in [0.29, 0.717) is 31.5 Å². The van der Waals surface area contributed by atoms with Gasteiger partial charge >= 0.3 is 0 Å². The molecule has 1 aliphatic rings. The van der Waals surface area contributed by atoms with Gasteiger partial charge in [-0.3, -0.25) is 9.59 Å². The van der Waals surface area contributed by atoms with E-state index in [1.807, 2.05) is 30.3 Å². The molecule has 2 aromatic carbocycles. The van der Waals surface area contributed by atoms with Gasteiger partial charge in [-0.15, -0.1) is 0 Å². The summed E-state index contributed by atoms with van der Waals surface area (Å²) in [5, 5.41) is 5.60. The number of aryl methyl sites for hydroxylation is 1. The summed E-state index contributed by atoms with van der Waals surface area (Å²) in [6, 6.07) is 13.2. The molecule has 2 amide bonds. The van der Waals surface area contributed by atoms with Crippen LogP contribution in [-0.2, 0) is 32.6 Å². The van der Waals surface area contributed by atoms with Crippen molar-refractivity contribution >= 4 is 27.5 Å². The molecular formula is C22H27N3O4S. The van der Waals surface area contributed by atoms with Crippen LogP contribution in [-0.4, -0.2) is 26.3 Å². The summed E-state index contributed by atoms with van der Waals surface area (Å²) in [5.41, 5.74) is 2.35. The number of carbonyl (C=O) groups excluding carboxylic acids is 2. The summed E-state index contributed by atoms with van der Waals surface area (Å²) >= 11 is 0. The molecule has 1 atom stereocenters. The predicted octanol–water partition coefficient (Wildman–Crippen LogP) is 2.58. The normalized spacial score (nSPS) is 15.1. The van der Waals surface area contributed by atoms with Crippen molar-refractivity contribution in [2.45, 2.75) is 50.6 Å². The highest BCUT2D eigenvalue weighted by atomic mass is 32.2. The van der Waals surface area contributed by atoms with Crippen LogP contribution in [0.3, 0.4) is 0 Å². The van der Waals surface area contributed by atoms with Gasteiger partial charge in [-0.2, -0.15) is 4.72 Å². The van der Waals surface area contributed by atoms with E-state index >= 15 is 0 Å². The lowest BCUT2D eigenvalue weighted by molar-refractivity contribution is -0.123. The van der Waals surface area contributed by atoms with Crippen LogP contribution in [0.2, 0.25) is 0 Å². The van der Waals surface area contributed by atoms with Crippen LogP contribution in [0.25, 0.3) is 0 Å². The zero-order valence-corrected chi connectivity index (χ0v) is 18.0. The minimum atomic E-state index is -3.91. The van der Waals surface area contributed by atoms with Crippen molar-refractivity contribution in [3.05, 3.63) is 59.7 Å². The van der Waals surface area contributed by atoms with Crippen LogP contribution in [0.1, 0.15) is 37.8 Å². The molecule has 0 bridgehead atoms. The van der Waals surface area contributed by atoms with E-state index in [0.717, 1.165) is 11.1 Å². The molecule has 0 aromatic heterocycles. The number of amides is 2. The highest BCUT2D eigenvalue weighted by molar-refractivity contribution is 7.89. The number of rotatable bonds is 7. The summed E-state index contributed by atoms with van der Waals surface area (Å²) < 4.78 is 28.5. The molecule has 1 aliphatic heterocycles. The third kappa shape index (κ3) is 5.46. The molecule has 160 valence electrons. The maximum Gasteiger partial charge on any atom is 0.241 e. The van der Waals surface area contributed by atoms with Gasteiger partial charge in [-0.05, 0) is 48.1 Å². The van der Waals surface area contributed by atoms with Crippen molar-refractivity contribution < 1.29 is 18.0 Å². The van der Waals surface area contributed by atoms with E-state index < -0.39 is 16.1 Å². The second-order valence-corrected chi connectivity index (χ2v) is 9.48. The number of benzene rings is 2. The van der Waals surface area contributed by atoms with Gasteiger partial charge in [-0.1, -0.05) is 44.2 Å². The molecule has 0 saturated heterocycles. The Kier molecular flexibility index (Phi) is 6.89. The Labute approximate surface area is 177 Å². The summed E-state index contributed by atoms with van der Waals surface area (Å²) in [6.07, 6.45) is 1.68. The standard InChI is InChI=1S/C22H27N3O4S/c1-15(2)21(22(27)23-14-16-7-4-3-5-8-16)25-30(28,29)18-11-12-19-17(13-18)9-6-10-20(26)24-19/h3-5,7-8,11-13,15,21,25H,6,9-10,14H2,1-2H3,(H,23,27)(H,24,26). The Morgan fingerprint density at radius 1 is 1.10 bits per heavy atom. The number of carbonyl (C=O) groups is 2. The summed E-state index contributed by atoms with van der Waals surface area (Å²) in [7, 11) is -3.91. The lowest BCUT2D eigenvalue weighted by atomic mass is 10.0. The zero-order valence-electron chi connectivity index (χ0n) is 17.1. The van der Waals surface area contributed by atoms with Crippen molar-refractivity contribution in [1.82, 2.24) is 10.0 Å². The smallest absolute Gasteiger partial charge is 0.241 e. The van der Waals surface area contributed by atoms with Crippen molar-refractivity contribution in [3.8, 4) is 0 Å². The van der Waals surface area contributed by atoms with Gasteiger partial charge in [0.2, 0.25) is 21.8 Å². The minimum absolute atomic E-state index is 0.0718. The zero-order chi connectivity index (χ0) is 21.7. The monoisotopic (exact) mass is 429 g/mol. The fourth-order valence-corrected chi connectivity index (χ4v) is 4.73. The van der Waals surface area contributed by atoms with E-state index in [1.165, 1.54) is 6.07 Å². The molecule has 0 aliphatic carbocycles. The summed E-state index contributed by atoms with van der Waals surface area (Å²) in [4.78, 5) is 24.5. The number of sulfonamides is 1. The van der Waals surface area contributed by atoms with Crippen LogP contribution >= 0.6 is 0 Å². The van der Waals surface area contributed by atoms with Crippen molar-refractivity contribution in [3.63, 3.8) is 0 Å². The van der Waals surface area contributed by atoms with Crippen LogP contribution in [0.5, 0.6) is 0 Å². The molecule has 7 nitrogen and oxygen atoms in total. The SMILES string of the molecule is CC(C)C(NS(=O)(=O)c1ccc2c(c1)CCCC(=O)N2)C(=O)NCc1ccccc1. The highest BCUT2D eigenvalue weighted by Gasteiger charge is 2.29. The fraction of sp³-hybridized carbons (Fsp3) is 0.364.